The third-order valence-corrected chi connectivity index (χ3v) is 0.524. The molecule has 0 aromatic rings. The van der Waals surface area contributed by atoms with Gasteiger partial charge >= 0.3 is 0 Å². The van der Waals surface area contributed by atoms with E-state index in [4.69, 9.17) is 0 Å². The maximum Gasteiger partial charge on any atom is 0.240 e. The standard InChI is InChI=1S/C4H5F2NO/c5-4(6)1-2-7-3-8/h4H,1-2H2. The Morgan fingerprint density at radius 1 is 1.62 bits per heavy atom. The quantitative estimate of drug-likeness (QED) is 0.404. The lowest BCUT2D eigenvalue weighted by molar-refractivity contribution is 0.141. The maximum atomic E-state index is 11.2. The number of isocyanates is 1. The molecule has 0 aliphatic heterocycles. The predicted molar refractivity (Wildman–Crippen MR) is 23.6 cm³/mol. The van der Waals surface area contributed by atoms with Crippen LogP contribution in [0.3, 0.4) is 0 Å². The van der Waals surface area contributed by atoms with Gasteiger partial charge in [0.1, 0.15) is 0 Å². The molecule has 0 aromatic heterocycles. The summed E-state index contributed by atoms with van der Waals surface area (Å²) in [7, 11) is 0. The van der Waals surface area contributed by atoms with E-state index in [1.54, 1.807) is 0 Å². The molecule has 4 heteroatoms. The summed E-state index contributed by atoms with van der Waals surface area (Å²) in [5, 5.41) is 0. The van der Waals surface area contributed by atoms with Crippen LogP contribution in [0.25, 0.3) is 0 Å². The van der Waals surface area contributed by atoms with Crippen molar-refractivity contribution in [2.75, 3.05) is 6.54 Å². The first-order valence-electron chi connectivity index (χ1n) is 2.09. The lowest BCUT2D eigenvalue weighted by atomic mass is 10.5. The van der Waals surface area contributed by atoms with E-state index >= 15 is 0 Å². The van der Waals surface area contributed by atoms with Crippen molar-refractivity contribution in [1.29, 1.82) is 0 Å². The molecule has 8 heavy (non-hydrogen) atoms. The normalized spacial score (nSPS) is 8.88. The summed E-state index contributed by atoms with van der Waals surface area (Å²) in [6, 6.07) is 0. The zero-order chi connectivity index (χ0) is 6.41. The molecule has 46 valence electrons. The fourth-order valence-corrected chi connectivity index (χ4v) is 0.208. The zero-order valence-corrected chi connectivity index (χ0v) is 4.10. The number of rotatable bonds is 3. The Morgan fingerprint density at radius 3 is 2.62 bits per heavy atom. The van der Waals surface area contributed by atoms with Crippen LogP contribution in [0.1, 0.15) is 6.42 Å². The number of hydrogen-bond donors (Lipinski definition) is 0. The number of aliphatic imine (C=N–C) groups is 1. The monoisotopic (exact) mass is 121 g/mol. The van der Waals surface area contributed by atoms with Crippen molar-refractivity contribution in [1.82, 2.24) is 0 Å². The van der Waals surface area contributed by atoms with Crippen LogP contribution in [-0.4, -0.2) is 19.1 Å². The molecule has 0 radical (unpaired) electrons. The summed E-state index contributed by atoms with van der Waals surface area (Å²) in [6.07, 6.45) is -1.56. The first-order valence-corrected chi connectivity index (χ1v) is 2.09. The van der Waals surface area contributed by atoms with Gasteiger partial charge in [-0.15, -0.1) is 0 Å². The molecule has 0 atom stereocenters. The van der Waals surface area contributed by atoms with Gasteiger partial charge in [0.15, 0.2) is 0 Å². The minimum atomic E-state index is -2.37. The molecular formula is C4H5F2NO. The van der Waals surface area contributed by atoms with Gasteiger partial charge in [-0.05, 0) is 0 Å². The van der Waals surface area contributed by atoms with Gasteiger partial charge in [-0.1, -0.05) is 0 Å². The molecule has 0 unspecified atom stereocenters. The Balaban J connectivity index is 3.05. The third kappa shape index (κ3) is 5.24. The molecule has 0 rings (SSSR count). The minimum Gasteiger partial charge on any atom is -0.211 e. The molecule has 0 saturated heterocycles. The molecule has 0 fully saturated rings. The Bertz CT molecular complexity index is 98.2. The molecule has 0 bridgehead atoms. The molecule has 0 N–H and O–H groups in total. The molecule has 0 amide bonds. The molecule has 2 nitrogen and oxygen atoms in total. The maximum absolute atomic E-state index is 11.2. The van der Waals surface area contributed by atoms with Crippen molar-refractivity contribution >= 4 is 6.08 Å². The van der Waals surface area contributed by atoms with Crippen molar-refractivity contribution in [3.63, 3.8) is 0 Å². The highest BCUT2D eigenvalue weighted by Gasteiger charge is 1.98. The summed E-state index contributed by atoms with van der Waals surface area (Å²) < 4.78 is 22.3. The Labute approximate surface area is 45.2 Å². The fraction of sp³-hybridized carbons (Fsp3) is 0.750. The minimum absolute atomic E-state index is 0.124. The first-order chi connectivity index (χ1) is 3.77. The van der Waals surface area contributed by atoms with E-state index in [2.05, 4.69) is 4.99 Å². The highest BCUT2D eigenvalue weighted by molar-refractivity contribution is 5.32. The van der Waals surface area contributed by atoms with E-state index in [0.29, 0.717) is 0 Å². The molecule has 0 heterocycles. The van der Waals surface area contributed by atoms with Crippen molar-refractivity contribution in [3.05, 3.63) is 0 Å². The zero-order valence-electron chi connectivity index (χ0n) is 4.10. The molecule has 0 aliphatic rings. The molecule has 0 aliphatic carbocycles. The number of carbonyl (C=O) groups excluding carboxylic acids is 1. The van der Waals surface area contributed by atoms with Gasteiger partial charge in [0.05, 0.1) is 6.54 Å². The number of nitrogens with zero attached hydrogens (tertiary/aromatic N) is 1. The lowest BCUT2D eigenvalue weighted by Crippen LogP contribution is -1.91. The van der Waals surface area contributed by atoms with E-state index < -0.39 is 6.43 Å². The van der Waals surface area contributed by atoms with E-state index in [-0.39, 0.29) is 13.0 Å². The average Bonchev–Trinajstić information content (AvgIpc) is 1.66. The average molecular weight is 121 g/mol. The van der Waals surface area contributed by atoms with Gasteiger partial charge < -0.3 is 0 Å². The van der Waals surface area contributed by atoms with Crippen LogP contribution in [-0.2, 0) is 4.79 Å². The number of hydrogen-bond acceptors (Lipinski definition) is 2. The van der Waals surface area contributed by atoms with E-state index in [0.717, 1.165) is 6.08 Å². The van der Waals surface area contributed by atoms with Gasteiger partial charge in [-0.2, -0.15) is 0 Å². The number of halogens is 2. The highest BCUT2D eigenvalue weighted by Crippen LogP contribution is 1.96. The second-order valence-electron chi connectivity index (χ2n) is 1.15. The van der Waals surface area contributed by atoms with E-state index in [1.807, 2.05) is 0 Å². The topological polar surface area (TPSA) is 29.4 Å². The summed E-state index contributed by atoms with van der Waals surface area (Å²) in [6.45, 7) is -0.124. The van der Waals surface area contributed by atoms with E-state index in [9.17, 15) is 13.6 Å². The second kappa shape index (κ2) is 4.40. The first kappa shape index (κ1) is 7.24. The van der Waals surface area contributed by atoms with Crippen LogP contribution in [0.15, 0.2) is 4.99 Å². The summed E-state index contributed by atoms with van der Waals surface area (Å²) in [5.74, 6) is 0. The van der Waals surface area contributed by atoms with Gasteiger partial charge in [0.25, 0.3) is 0 Å². The van der Waals surface area contributed by atoms with Gasteiger partial charge in [-0.3, -0.25) is 0 Å². The Kier molecular flexibility index (Phi) is 3.98. The Morgan fingerprint density at radius 2 is 2.25 bits per heavy atom. The van der Waals surface area contributed by atoms with Gasteiger partial charge in [0, 0.05) is 6.42 Å². The lowest BCUT2D eigenvalue weighted by Gasteiger charge is -1.88. The van der Waals surface area contributed by atoms with Crippen LogP contribution < -0.4 is 0 Å². The van der Waals surface area contributed by atoms with Crippen LogP contribution >= 0.6 is 0 Å². The predicted octanol–water partition coefficient (Wildman–Crippen LogP) is 0.977. The SMILES string of the molecule is O=C=NCCC(F)F. The fourth-order valence-electron chi connectivity index (χ4n) is 0.208. The van der Waals surface area contributed by atoms with Crippen LogP contribution in [0, 0.1) is 0 Å². The van der Waals surface area contributed by atoms with Crippen molar-refractivity contribution in [2.45, 2.75) is 12.8 Å². The second-order valence-corrected chi connectivity index (χ2v) is 1.15. The van der Waals surface area contributed by atoms with Gasteiger partial charge in [0.2, 0.25) is 12.5 Å². The largest absolute Gasteiger partial charge is 0.240 e. The molecule has 0 saturated carbocycles. The highest BCUT2D eigenvalue weighted by atomic mass is 19.3. The smallest absolute Gasteiger partial charge is 0.211 e. The van der Waals surface area contributed by atoms with Gasteiger partial charge in [-0.25, -0.2) is 18.6 Å². The Hall–Kier alpha value is -0.760. The van der Waals surface area contributed by atoms with Crippen molar-refractivity contribution < 1.29 is 13.6 Å². The third-order valence-electron chi connectivity index (χ3n) is 0.524. The summed E-state index contributed by atoms with van der Waals surface area (Å²) in [4.78, 5) is 12.2. The summed E-state index contributed by atoms with van der Waals surface area (Å²) in [5.41, 5.74) is 0. The van der Waals surface area contributed by atoms with E-state index in [1.165, 1.54) is 0 Å². The van der Waals surface area contributed by atoms with Crippen molar-refractivity contribution in [2.24, 2.45) is 4.99 Å². The number of alkyl halides is 2. The van der Waals surface area contributed by atoms with Crippen LogP contribution in [0.5, 0.6) is 0 Å². The van der Waals surface area contributed by atoms with Crippen LogP contribution in [0.4, 0.5) is 8.78 Å². The molecular weight excluding hydrogens is 116 g/mol. The molecule has 0 aromatic carbocycles. The molecule has 0 spiro atoms. The summed E-state index contributed by atoms with van der Waals surface area (Å²) >= 11 is 0. The van der Waals surface area contributed by atoms with Crippen molar-refractivity contribution in [3.8, 4) is 0 Å². The van der Waals surface area contributed by atoms with Crippen LogP contribution in [0.2, 0.25) is 0 Å².